The molecule has 5 heteroatoms. The lowest BCUT2D eigenvalue weighted by molar-refractivity contribution is 0.104. The number of aliphatic hydroxyl groups is 1. The smallest absolute Gasteiger partial charge is 0.162 e. The molecule has 4 nitrogen and oxygen atoms in total. The van der Waals surface area contributed by atoms with Crippen molar-refractivity contribution in [2.45, 2.75) is 25.5 Å². The second kappa shape index (κ2) is 5.92. The third-order valence-corrected chi connectivity index (χ3v) is 4.55. The van der Waals surface area contributed by atoms with Crippen LogP contribution in [0.5, 0.6) is 11.5 Å². The van der Waals surface area contributed by atoms with Gasteiger partial charge in [-0.15, -0.1) is 0 Å². The van der Waals surface area contributed by atoms with Crippen LogP contribution in [0, 0.1) is 5.92 Å². The van der Waals surface area contributed by atoms with Gasteiger partial charge in [0.15, 0.2) is 11.5 Å². The van der Waals surface area contributed by atoms with E-state index in [1.165, 1.54) is 12.8 Å². The highest BCUT2D eigenvalue weighted by molar-refractivity contribution is 9.10. The second-order valence-corrected chi connectivity index (χ2v) is 6.54. The van der Waals surface area contributed by atoms with E-state index in [9.17, 15) is 5.11 Å². The Kier molecular flexibility index (Phi) is 4.19. The van der Waals surface area contributed by atoms with Crippen LogP contribution in [0.25, 0.3) is 0 Å². The van der Waals surface area contributed by atoms with Crippen molar-refractivity contribution >= 4 is 15.9 Å². The maximum absolute atomic E-state index is 10.0. The topological polar surface area (TPSA) is 41.9 Å². The maximum Gasteiger partial charge on any atom is 0.162 e. The van der Waals surface area contributed by atoms with Gasteiger partial charge < -0.3 is 14.6 Å². The molecule has 1 N–H and O–H groups in total. The minimum absolute atomic E-state index is 0.198. The van der Waals surface area contributed by atoms with Crippen LogP contribution in [0.3, 0.4) is 0 Å². The fourth-order valence-corrected chi connectivity index (χ4v) is 2.98. The van der Waals surface area contributed by atoms with Crippen LogP contribution in [0.15, 0.2) is 16.6 Å². The van der Waals surface area contributed by atoms with E-state index in [1.54, 1.807) is 0 Å². The van der Waals surface area contributed by atoms with Crippen molar-refractivity contribution in [3.8, 4) is 11.5 Å². The zero-order valence-electron chi connectivity index (χ0n) is 11.6. The molecule has 0 aromatic heterocycles. The van der Waals surface area contributed by atoms with Crippen molar-refractivity contribution in [2.75, 3.05) is 26.8 Å². The van der Waals surface area contributed by atoms with E-state index in [0.717, 1.165) is 28.1 Å². The van der Waals surface area contributed by atoms with Gasteiger partial charge in [0, 0.05) is 17.6 Å². The Labute approximate surface area is 127 Å². The lowest BCUT2D eigenvalue weighted by Gasteiger charge is -2.23. The van der Waals surface area contributed by atoms with E-state index in [4.69, 9.17) is 9.47 Å². The molecule has 0 radical (unpaired) electrons. The summed E-state index contributed by atoms with van der Waals surface area (Å²) in [6.45, 7) is 2.70. The number of hydrogen-bond acceptors (Lipinski definition) is 4. The number of ether oxygens (including phenoxy) is 2. The molecule has 20 heavy (non-hydrogen) atoms. The average Bonchev–Trinajstić information content (AvgIpc) is 3.23. The van der Waals surface area contributed by atoms with Gasteiger partial charge in [-0.25, -0.2) is 0 Å². The molecule has 1 aliphatic heterocycles. The summed E-state index contributed by atoms with van der Waals surface area (Å²) in [6.07, 6.45) is 2.14. The van der Waals surface area contributed by atoms with Crippen LogP contribution in [-0.2, 0) is 6.54 Å². The highest BCUT2D eigenvalue weighted by Gasteiger charge is 2.30. The lowest BCUT2D eigenvalue weighted by atomic mass is 10.1. The Morgan fingerprint density at radius 3 is 2.60 bits per heavy atom. The number of benzene rings is 1. The van der Waals surface area contributed by atoms with Crippen molar-refractivity contribution in [1.82, 2.24) is 4.90 Å². The Hall–Kier alpha value is -0.780. The fourth-order valence-electron chi connectivity index (χ4n) is 2.53. The molecule has 1 fully saturated rings. The molecule has 1 atom stereocenters. The number of hydrogen-bond donors (Lipinski definition) is 1. The predicted molar refractivity (Wildman–Crippen MR) is 80.2 cm³/mol. The first-order valence-corrected chi connectivity index (χ1v) is 7.87. The molecule has 3 rings (SSSR count). The van der Waals surface area contributed by atoms with Gasteiger partial charge in [0.25, 0.3) is 0 Å². The van der Waals surface area contributed by atoms with E-state index < -0.39 is 0 Å². The van der Waals surface area contributed by atoms with Crippen LogP contribution < -0.4 is 9.47 Å². The van der Waals surface area contributed by atoms with Gasteiger partial charge in [-0.1, -0.05) is 15.9 Å². The molecule has 110 valence electrons. The van der Waals surface area contributed by atoms with E-state index in [0.29, 0.717) is 25.7 Å². The van der Waals surface area contributed by atoms with Crippen LogP contribution in [0.4, 0.5) is 0 Å². The summed E-state index contributed by atoms with van der Waals surface area (Å²) in [5, 5.41) is 10.0. The summed E-state index contributed by atoms with van der Waals surface area (Å²) in [7, 11) is 2.04. The summed E-state index contributed by atoms with van der Waals surface area (Å²) < 4.78 is 12.2. The number of halogens is 1. The van der Waals surface area contributed by atoms with Crippen molar-refractivity contribution in [2.24, 2.45) is 5.92 Å². The molecule has 1 aromatic carbocycles. The largest absolute Gasteiger partial charge is 0.486 e. The van der Waals surface area contributed by atoms with Crippen molar-refractivity contribution in [1.29, 1.82) is 0 Å². The Balaban J connectivity index is 1.66. The van der Waals surface area contributed by atoms with Gasteiger partial charge in [-0.3, -0.25) is 4.90 Å². The lowest BCUT2D eigenvalue weighted by Crippen LogP contribution is -2.30. The minimum atomic E-state index is -0.198. The first kappa shape index (κ1) is 14.2. The number of nitrogens with zero attached hydrogens (tertiary/aromatic N) is 1. The van der Waals surface area contributed by atoms with Gasteiger partial charge in [-0.05, 0) is 43.5 Å². The number of likely N-dealkylation sites (N-methyl/N-ethyl adjacent to an activating group) is 1. The quantitative estimate of drug-likeness (QED) is 0.893. The first-order valence-electron chi connectivity index (χ1n) is 7.08. The molecule has 0 amide bonds. The van der Waals surface area contributed by atoms with E-state index in [-0.39, 0.29) is 6.10 Å². The fraction of sp³-hybridized carbons (Fsp3) is 0.600. The molecule has 0 spiro atoms. The van der Waals surface area contributed by atoms with Gasteiger partial charge in [0.05, 0.1) is 6.10 Å². The molecule has 1 saturated carbocycles. The van der Waals surface area contributed by atoms with Crippen LogP contribution in [-0.4, -0.2) is 42.9 Å². The second-order valence-electron chi connectivity index (χ2n) is 5.69. The summed E-state index contributed by atoms with van der Waals surface area (Å²) in [5.41, 5.74) is 1.15. The highest BCUT2D eigenvalue weighted by Crippen LogP contribution is 2.36. The normalized spacial score (nSPS) is 19.2. The Morgan fingerprint density at radius 2 is 1.95 bits per heavy atom. The molecule has 2 aliphatic rings. The van der Waals surface area contributed by atoms with Gasteiger partial charge in [-0.2, -0.15) is 0 Å². The number of aliphatic hydroxyl groups excluding tert-OH is 1. The molecular formula is C15H20BrNO3. The van der Waals surface area contributed by atoms with Crippen LogP contribution in [0.1, 0.15) is 18.4 Å². The van der Waals surface area contributed by atoms with Gasteiger partial charge >= 0.3 is 0 Å². The van der Waals surface area contributed by atoms with Crippen LogP contribution >= 0.6 is 15.9 Å². The van der Waals surface area contributed by atoms with Gasteiger partial charge in [0.2, 0.25) is 0 Å². The van der Waals surface area contributed by atoms with Crippen molar-refractivity contribution in [3.63, 3.8) is 0 Å². The maximum atomic E-state index is 10.0. The molecule has 1 unspecified atom stereocenters. The molecule has 1 heterocycles. The monoisotopic (exact) mass is 341 g/mol. The molecule has 0 saturated heterocycles. The average molecular weight is 342 g/mol. The van der Waals surface area contributed by atoms with Gasteiger partial charge in [0.1, 0.15) is 13.2 Å². The molecule has 1 aromatic rings. The van der Waals surface area contributed by atoms with Crippen LogP contribution in [0.2, 0.25) is 0 Å². The third kappa shape index (κ3) is 3.27. The summed E-state index contributed by atoms with van der Waals surface area (Å²) in [4.78, 5) is 2.15. The van der Waals surface area contributed by atoms with E-state index in [2.05, 4.69) is 20.8 Å². The standard InChI is InChI=1S/C15H20BrNO3/c1-17(9-13(18)10-2-3-10)8-11-6-14-15(7-12(11)16)20-5-4-19-14/h6-7,10,13,18H,2-5,8-9H2,1H3. The Morgan fingerprint density at radius 1 is 1.30 bits per heavy atom. The molecule has 1 aliphatic carbocycles. The van der Waals surface area contributed by atoms with Crippen molar-refractivity contribution < 1.29 is 14.6 Å². The highest BCUT2D eigenvalue weighted by atomic mass is 79.9. The summed E-state index contributed by atoms with van der Waals surface area (Å²) >= 11 is 3.59. The zero-order valence-corrected chi connectivity index (χ0v) is 13.2. The number of fused-ring (bicyclic) bond motifs is 1. The van der Waals surface area contributed by atoms with Crippen molar-refractivity contribution in [3.05, 3.63) is 22.2 Å². The Bertz CT molecular complexity index is 490. The number of rotatable bonds is 5. The first-order chi connectivity index (χ1) is 9.63. The third-order valence-electron chi connectivity index (χ3n) is 3.82. The summed E-state index contributed by atoms with van der Waals surface area (Å²) in [5.74, 6) is 2.12. The van der Waals surface area contributed by atoms with E-state index in [1.807, 2.05) is 19.2 Å². The minimum Gasteiger partial charge on any atom is -0.486 e. The summed E-state index contributed by atoms with van der Waals surface area (Å²) in [6, 6.07) is 3.99. The molecular weight excluding hydrogens is 322 g/mol. The zero-order chi connectivity index (χ0) is 14.1. The molecule has 0 bridgehead atoms. The predicted octanol–water partition coefficient (Wildman–Crippen LogP) is 2.42. The van der Waals surface area contributed by atoms with E-state index >= 15 is 0 Å². The SMILES string of the molecule is CN(Cc1cc2c(cc1Br)OCCO2)CC(O)C1CC1.